The van der Waals surface area contributed by atoms with Crippen molar-refractivity contribution in [2.24, 2.45) is 0 Å². The maximum atomic E-state index is 12.2. The maximum absolute atomic E-state index is 12.2. The summed E-state index contributed by atoms with van der Waals surface area (Å²) in [7, 11) is 0. The van der Waals surface area contributed by atoms with Crippen molar-refractivity contribution in [1.82, 2.24) is 9.97 Å². The molecule has 100 valence electrons. The van der Waals surface area contributed by atoms with Crippen LogP contribution in [0.1, 0.15) is 26.6 Å². The number of carbonyl (C=O) groups is 1. The molecule has 0 atom stereocenters. The van der Waals surface area contributed by atoms with Crippen LogP contribution in [0, 0.1) is 0 Å². The van der Waals surface area contributed by atoms with Gasteiger partial charge in [0.15, 0.2) is 5.22 Å². The molecular weight excluding hydrogens is 296 g/mol. The van der Waals surface area contributed by atoms with Crippen LogP contribution in [0.4, 0.5) is 0 Å². The topological polar surface area (TPSA) is 56.0 Å². The van der Waals surface area contributed by atoms with Crippen molar-refractivity contribution in [2.45, 2.75) is 6.42 Å². The molecule has 0 amide bonds. The lowest BCUT2D eigenvalue weighted by atomic mass is 10.1. The zero-order chi connectivity index (χ0) is 13.9. The lowest BCUT2D eigenvalue weighted by molar-refractivity contribution is 0.104. The molecule has 3 heterocycles. The molecule has 0 N–H and O–H groups in total. The van der Waals surface area contributed by atoms with Crippen LogP contribution < -0.4 is 0 Å². The van der Waals surface area contributed by atoms with Crippen LogP contribution >= 0.6 is 22.9 Å². The second kappa shape index (κ2) is 5.56. The summed E-state index contributed by atoms with van der Waals surface area (Å²) in [5.41, 5.74) is 1.50. The highest BCUT2D eigenvalue weighted by molar-refractivity contribution is 7.12. The van der Waals surface area contributed by atoms with Gasteiger partial charge in [0.1, 0.15) is 12.1 Å². The zero-order valence-corrected chi connectivity index (χ0v) is 11.8. The van der Waals surface area contributed by atoms with Gasteiger partial charge < -0.3 is 4.42 Å². The Balaban J connectivity index is 1.78. The molecule has 0 spiro atoms. The third-order valence-corrected chi connectivity index (χ3v) is 3.89. The lowest BCUT2D eigenvalue weighted by Gasteiger charge is -1.95. The van der Waals surface area contributed by atoms with Crippen molar-refractivity contribution < 1.29 is 9.21 Å². The van der Waals surface area contributed by atoms with Gasteiger partial charge in [-0.25, -0.2) is 9.97 Å². The minimum atomic E-state index is -0.0701. The standard InChI is InChI=1S/C14H9ClN2O2S/c15-13-2-1-11(19-13)3-9-4-12(20-7-9)14(18)10-5-16-8-17-6-10/h1-2,4-8H,3H2. The first-order valence-corrected chi connectivity index (χ1v) is 7.09. The Bertz CT molecular complexity index is 736. The first-order chi connectivity index (χ1) is 9.72. The SMILES string of the molecule is O=C(c1cncnc1)c1cc(Cc2ccc(Cl)o2)cs1. The van der Waals surface area contributed by atoms with Gasteiger partial charge in [0.2, 0.25) is 5.78 Å². The van der Waals surface area contributed by atoms with Crippen LogP contribution in [-0.2, 0) is 6.42 Å². The average molecular weight is 305 g/mol. The molecule has 0 aliphatic rings. The molecular formula is C14H9ClN2O2S. The van der Waals surface area contributed by atoms with Gasteiger partial charge in [-0.1, -0.05) is 0 Å². The molecule has 3 rings (SSSR count). The number of hydrogen-bond donors (Lipinski definition) is 0. The van der Waals surface area contributed by atoms with Crippen LogP contribution in [0.5, 0.6) is 0 Å². The number of halogens is 1. The van der Waals surface area contributed by atoms with Crippen molar-refractivity contribution in [3.8, 4) is 0 Å². The number of aromatic nitrogens is 2. The summed E-state index contributed by atoms with van der Waals surface area (Å²) in [5.74, 6) is 0.703. The van der Waals surface area contributed by atoms with E-state index < -0.39 is 0 Å². The van der Waals surface area contributed by atoms with Gasteiger partial charge in [-0.3, -0.25) is 4.79 Å². The fourth-order valence-electron chi connectivity index (χ4n) is 1.79. The number of thiophene rings is 1. The largest absolute Gasteiger partial charge is 0.449 e. The third-order valence-electron chi connectivity index (χ3n) is 2.71. The van der Waals surface area contributed by atoms with E-state index in [9.17, 15) is 4.79 Å². The summed E-state index contributed by atoms with van der Waals surface area (Å²) >= 11 is 7.13. The van der Waals surface area contributed by atoms with Crippen LogP contribution in [0.15, 0.2) is 46.7 Å². The summed E-state index contributed by atoms with van der Waals surface area (Å²) in [6, 6.07) is 5.39. The minimum Gasteiger partial charge on any atom is -0.449 e. The molecule has 0 unspecified atom stereocenters. The molecule has 0 aromatic carbocycles. The van der Waals surface area contributed by atoms with Gasteiger partial charge >= 0.3 is 0 Å². The molecule has 20 heavy (non-hydrogen) atoms. The number of rotatable bonds is 4. The fraction of sp³-hybridized carbons (Fsp3) is 0.0714. The highest BCUT2D eigenvalue weighted by Gasteiger charge is 2.13. The van der Waals surface area contributed by atoms with Gasteiger partial charge in [0.25, 0.3) is 0 Å². The molecule has 0 saturated heterocycles. The molecule has 0 radical (unpaired) electrons. The molecule has 3 aromatic heterocycles. The molecule has 0 aliphatic heterocycles. The van der Waals surface area contributed by atoms with E-state index in [-0.39, 0.29) is 5.78 Å². The number of ketones is 1. The molecule has 4 nitrogen and oxygen atoms in total. The van der Waals surface area contributed by atoms with Crippen molar-refractivity contribution in [2.75, 3.05) is 0 Å². The average Bonchev–Trinajstić information content (AvgIpc) is 3.09. The van der Waals surface area contributed by atoms with Gasteiger partial charge in [-0.05, 0) is 40.7 Å². The predicted molar refractivity (Wildman–Crippen MR) is 76.3 cm³/mol. The van der Waals surface area contributed by atoms with E-state index >= 15 is 0 Å². The van der Waals surface area contributed by atoms with Gasteiger partial charge in [0, 0.05) is 18.8 Å². The van der Waals surface area contributed by atoms with E-state index in [2.05, 4.69) is 9.97 Å². The predicted octanol–water partition coefficient (Wildman–Crippen LogP) is 3.61. The van der Waals surface area contributed by atoms with Crippen LogP contribution in [0.2, 0.25) is 5.22 Å². The van der Waals surface area contributed by atoms with Crippen LogP contribution in [0.3, 0.4) is 0 Å². The van der Waals surface area contributed by atoms with Crippen molar-refractivity contribution in [3.63, 3.8) is 0 Å². The Morgan fingerprint density at radius 1 is 1.30 bits per heavy atom. The Morgan fingerprint density at radius 2 is 2.10 bits per heavy atom. The Kier molecular flexibility index (Phi) is 3.62. The van der Waals surface area contributed by atoms with Crippen LogP contribution in [0.25, 0.3) is 0 Å². The molecule has 6 heteroatoms. The van der Waals surface area contributed by atoms with Gasteiger partial charge in [0.05, 0.1) is 10.4 Å². The fourth-order valence-corrected chi connectivity index (χ4v) is 2.83. The Labute approximate surface area is 124 Å². The van der Waals surface area contributed by atoms with E-state index in [1.807, 2.05) is 17.5 Å². The van der Waals surface area contributed by atoms with E-state index in [4.69, 9.17) is 16.0 Å². The van der Waals surface area contributed by atoms with E-state index in [0.717, 1.165) is 11.3 Å². The van der Waals surface area contributed by atoms with Crippen molar-refractivity contribution in [1.29, 1.82) is 0 Å². The first-order valence-electron chi connectivity index (χ1n) is 5.84. The second-order valence-electron chi connectivity index (χ2n) is 4.16. The smallest absolute Gasteiger partial charge is 0.206 e. The lowest BCUT2D eigenvalue weighted by Crippen LogP contribution is -1.99. The number of carbonyl (C=O) groups excluding carboxylic acids is 1. The molecule has 0 fully saturated rings. The minimum absolute atomic E-state index is 0.0701. The number of hydrogen-bond acceptors (Lipinski definition) is 5. The van der Waals surface area contributed by atoms with E-state index in [1.165, 1.54) is 30.1 Å². The first kappa shape index (κ1) is 13.0. The van der Waals surface area contributed by atoms with Gasteiger partial charge in [-0.2, -0.15) is 0 Å². The number of nitrogens with zero attached hydrogens (tertiary/aromatic N) is 2. The maximum Gasteiger partial charge on any atom is 0.206 e. The Hall–Kier alpha value is -1.98. The summed E-state index contributed by atoms with van der Waals surface area (Å²) < 4.78 is 5.31. The normalized spacial score (nSPS) is 10.7. The summed E-state index contributed by atoms with van der Waals surface area (Å²) in [4.78, 5) is 20.6. The quantitative estimate of drug-likeness (QED) is 0.691. The number of furan rings is 1. The van der Waals surface area contributed by atoms with Crippen molar-refractivity contribution in [3.05, 3.63) is 69.3 Å². The van der Waals surface area contributed by atoms with E-state index in [1.54, 1.807) is 6.07 Å². The molecule has 0 aliphatic carbocycles. The van der Waals surface area contributed by atoms with Crippen molar-refractivity contribution >= 4 is 28.7 Å². The molecule has 3 aromatic rings. The monoisotopic (exact) mass is 304 g/mol. The zero-order valence-electron chi connectivity index (χ0n) is 10.2. The second-order valence-corrected chi connectivity index (χ2v) is 5.44. The molecule has 0 bridgehead atoms. The highest BCUT2D eigenvalue weighted by atomic mass is 35.5. The van der Waals surface area contributed by atoms with E-state index in [0.29, 0.717) is 22.1 Å². The third kappa shape index (κ3) is 2.79. The van der Waals surface area contributed by atoms with Crippen LogP contribution in [-0.4, -0.2) is 15.8 Å². The summed E-state index contributed by atoms with van der Waals surface area (Å²) in [5, 5.41) is 2.31. The Morgan fingerprint density at radius 3 is 2.80 bits per heavy atom. The summed E-state index contributed by atoms with van der Waals surface area (Å²) in [6.45, 7) is 0. The van der Waals surface area contributed by atoms with Gasteiger partial charge in [-0.15, -0.1) is 11.3 Å². The molecule has 0 saturated carbocycles. The summed E-state index contributed by atoms with van der Waals surface area (Å²) in [6.07, 6.45) is 5.04. The highest BCUT2D eigenvalue weighted by Crippen LogP contribution is 2.22.